The van der Waals surface area contributed by atoms with E-state index in [1.54, 1.807) is 17.9 Å². The van der Waals surface area contributed by atoms with E-state index in [9.17, 15) is 9.59 Å². The zero-order valence-electron chi connectivity index (χ0n) is 15.2. The minimum atomic E-state index is -0.103. The molecule has 1 amide bonds. The van der Waals surface area contributed by atoms with Gasteiger partial charge in [0, 0.05) is 30.9 Å². The van der Waals surface area contributed by atoms with Crippen molar-refractivity contribution >= 4 is 16.8 Å². The molecule has 0 spiro atoms. The third kappa shape index (κ3) is 4.28. The summed E-state index contributed by atoms with van der Waals surface area (Å²) in [7, 11) is 1.71. The number of carbonyl (C=O) groups excluding carboxylic acids is 1. The molecule has 7 nitrogen and oxygen atoms in total. The Morgan fingerprint density at radius 3 is 2.88 bits per heavy atom. The Bertz CT molecular complexity index is 806. The first-order chi connectivity index (χ1) is 12.6. The van der Waals surface area contributed by atoms with Crippen molar-refractivity contribution in [3.63, 3.8) is 0 Å². The van der Waals surface area contributed by atoms with Gasteiger partial charge >= 0.3 is 0 Å². The van der Waals surface area contributed by atoms with E-state index in [2.05, 4.69) is 15.7 Å². The van der Waals surface area contributed by atoms with E-state index in [1.165, 1.54) is 6.20 Å². The molecule has 1 fully saturated rings. The molecule has 7 heteroatoms. The monoisotopic (exact) mass is 358 g/mol. The van der Waals surface area contributed by atoms with Crippen LogP contribution in [0.2, 0.25) is 0 Å². The topological polar surface area (TPSA) is 85.2 Å². The Kier molecular flexibility index (Phi) is 6.00. The maximum absolute atomic E-state index is 12.3. The molecular formula is C19H26N4O3. The van der Waals surface area contributed by atoms with Crippen molar-refractivity contribution in [2.24, 2.45) is 5.41 Å². The molecule has 140 valence electrons. The molecule has 1 aliphatic heterocycles. The van der Waals surface area contributed by atoms with E-state index in [4.69, 9.17) is 4.74 Å². The van der Waals surface area contributed by atoms with E-state index in [0.717, 1.165) is 31.4 Å². The second kappa shape index (κ2) is 8.42. The molecule has 2 heterocycles. The first-order valence-corrected chi connectivity index (χ1v) is 9.05. The van der Waals surface area contributed by atoms with Crippen LogP contribution in [0.1, 0.15) is 19.3 Å². The van der Waals surface area contributed by atoms with E-state index >= 15 is 0 Å². The molecule has 1 aromatic carbocycles. The summed E-state index contributed by atoms with van der Waals surface area (Å²) in [5.74, 6) is -0.0106. The molecule has 1 saturated heterocycles. The number of amides is 1. The number of aryl methyl sites for hydroxylation is 1. The summed E-state index contributed by atoms with van der Waals surface area (Å²) < 4.78 is 7.10. The van der Waals surface area contributed by atoms with Crippen LogP contribution in [0, 0.1) is 5.41 Å². The number of hydrogen-bond acceptors (Lipinski definition) is 5. The largest absolute Gasteiger partial charge is 0.384 e. The average Bonchev–Trinajstić information content (AvgIpc) is 2.67. The van der Waals surface area contributed by atoms with Crippen LogP contribution in [0.15, 0.2) is 35.3 Å². The number of rotatable bonds is 7. The van der Waals surface area contributed by atoms with E-state index < -0.39 is 0 Å². The minimum absolute atomic E-state index is 0.0106. The van der Waals surface area contributed by atoms with Crippen molar-refractivity contribution < 1.29 is 9.53 Å². The second-order valence-electron chi connectivity index (χ2n) is 6.96. The lowest BCUT2D eigenvalue weighted by molar-refractivity contribution is -0.122. The SMILES string of the molecule is COCC1(CNC(=O)CCn2ncc(=O)c3ccccc32)CCNCC1. The molecule has 0 radical (unpaired) electrons. The number of ether oxygens (including phenoxy) is 1. The summed E-state index contributed by atoms with van der Waals surface area (Å²) in [5.41, 5.74) is 0.661. The number of hydrogen-bond donors (Lipinski definition) is 2. The normalized spacial score (nSPS) is 16.5. The number of nitrogens with one attached hydrogen (secondary N) is 2. The minimum Gasteiger partial charge on any atom is -0.384 e. The molecule has 1 aromatic heterocycles. The van der Waals surface area contributed by atoms with Crippen LogP contribution < -0.4 is 16.1 Å². The smallest absolute Gasteiger partial charge is 0.221 e. The van der Waals surface area contributed by atoms with Crippen LogP contribution in [0.3, 0.4) is 0 Å². The highest BCUT2D eigenvalue weighted by Crippen LogP contribution is 2.28. The molecule has 0 saturated carbocycles. The van der Waals surface area contributed by atoms with E-state index in [-0.39, 0.29) is 16.8 Å². The number of nitrogens with zero attached hydrogens (tertiary/aromatic N) is 2. The number of methoxy groups -OCH3 is 1. The maximum atomic E-state index is 12.3. The van der Waals surface area contributed by atoms with Crippen LogP contribution in [0.5, 0.6) is 0 Å². The van der Waals surface area contributed by atoms with Gasteiger partial charge in [-0.1, -0.05) is 12.1 Å². The Balaban J connectivity index is 1.59. The number of para-hydroxylation sites is 1. The highest BCUT2D eigenvalue weighted by atomic mass is 16.5. The number of piperidine rings is 1. The molecule has 26 heavy (non-hydrogen) atoms. The summed E-state index contributed by atoms with van der Waals surface area (Å²) in [5, 5.41) is 11.2. The average molecular weight is 358 g/mol. The van der Waals surface area contributed by atoms with Gasteiger partial charge in [0.25, 0.3) is 0 Å². The Morgan fingerprint density at radius 2 is 2.12 bits per heavy atom. The molecule has 0 bridgehead atoms. The third-order valence-electron chi connectivity index (χ3n) is 5.09. The Labute approximate surface area is 152 Å². The van der Waals surface area contributed by atoms with Crippen molar-refractivity contribution in [2.75, 3.05) is 33.4 Å². The molecule has 0 atom stereocenters. The van der Waals surface area contributed by atoms with Crippen molar-refractivity contribution in [1.82, 2.24) is 20.4 Å². The van der Waals surface area contributed by atoms with E-state index in [1.807, 2.05) is 18.2 Å². The summed E-state index contributed by atoms with van der Waals surface area (Å²) in [4.78, 5) is 24.2. The molecule has 0 unspecified atom stereocenters. The quantitative estimate of drug-likeness (QED) is 0.769. The molecule has 0 aliphatic carbocycles. The number of carbonyl (C=O) groups is 1. The molecular weight excluding hydrogens is 332 g/mol. The predicted molar refractivity (Wildman–Crippen MR) is 100 cm³/mol. The molecule has 3 rings (SSSR count). The first kappa shape index (κ1) is 18.5. The van der Waals surface area contributed by atoms with Gasteiger partial charge in [0.05, 0.1) is 24.9 Å². The van der Waals surface area contributed by atoms with Crippen LogP contribution in [-0.4, -0.2) is 49.0 Å². The van der Waals surface area contributed by atoms with E-state index in [0.29, 0.717) is 31.5 Å². The highest BCUT2D eigenvalue weighted by molar-refractivity contribution is 5.79. The zero-order chi connectivity index (χ0) is 18.4. The first-order valence-electron chi connectivity index (χ1n) is 9.05. The number of fused-ring (bicyclic) bond motifs is 1. The third-order valence-corrected chi connectivity index (χ3v) is 5.09. The fourth-order valence-corrected chi connectivity index (χ4v) is 3.56. The van der Waals surface area contributed by atoms with Gasteiger partial charge in [-0.3, -0.25) is 14.3 Å². The van der Waals surface area contributed by atoms with Gasteiger partial charge in [-0.25, -0.2) is 0 Å². The summed E-state index contributed by atoms with van der Waals surface area (Å²) in [6, 6.07) is 7.33. The number of aromatic nitrogens is 2. The Morgan fingerprint density at radius 1 is 1.35 bits per heavy atom. The zero-order valence-corrected chi connectivity index (χ0v) is 15.2. The standard InChI is InChI=1S/C19H26N4O3/c1-26-14-19(7-9-20-10-8-19)13-21-18(25)6-11-23-16-5-3-2-4-15(16)17(24)12-22-23/h2-5,12,20H,6-11,13-14H2,1H3,(H,21,25). The van der Waals surface area contributed by atoms with Gasteiger partial charge in [0.1, 0.15) is 0 Å². The van der Waals surface area contributed by atoms with Gasteiger partial charge in [-0.15, -0.1) is 0 Å². The molecule has 1 aliphatic rings. The second-order valence-corrected chi connectivity index (χ2v) is 6.96. The summed E-state index contributed by atoms with van der Waals surface area (Å²) >= 11 is 0. The predicted octanol–water partition coefficient (Wildman–Crippen LogP) is 0.919. The maximum Gasteiger partial charge on any atom is 0.221 e. The Hall–Kier alpha value is -2.25. The number of benzene rings is 1. The van der Waals surface area contributed by atoms with Crippen molar-refractivity contribution in [1.29, 1.82) is 0 Å². The van der Waals surface area contributed by atoms with Gasteiger partial charge in [-0.05, 0) is 38.1 Å². The van der Waals surface area contributed by atoms with Gasteiger partial charge < -0.3 is 15.4 Å². The fraction of sp³-hybridized carbons (Fsp3) is 0.526. The van der Waals surface area contributed by atoms with Crippen LogP contribution in [0.4, 0.5) is 0 Å². The van der Waals surface area contributed by atoms with Crippen LogP contribution in [0.25, 0.3) is 10.9 Å². The lowest BCUT2D eigenvalue weighted by atomic mass is 9.79. The van der Waals surface area contributed by atoms with Gasteiger partial charge in [0.2, 0.25) is 11.3 Å². The highest BCUT2D eigenvalue weighted by Gasteiger charge is 2.32. The molecule has 2 aromatic rings. The lowest BCUT2D eigenvalue weighted by Crippen LogP contribution is -2.47. The van der Waals surface area contributed by atoms with Crippen molar-refractivity contribution in [3.8, 4) is 0 Å². The summed E-state index contributed by atoms with van der Waals surface area (Å²) in [6.07, 6.45) is 3.62. The van der Waals surface area contributed by atoms with Crippen molar-refractivity contribution in [2.45, 2.75) is 25.8 Å². The van der Waals surface area contributed by atoms with Crippen LogP contribution in [-0.2, 0) is 16.1 Å². The summed E-state index contributed by atoms with van der Waals surface area (Å²) in [6.45, 7) is 3.62. The van der Waals surface area contributed by atoms with Crippen LogP contribution >= 0.6 is 0 Å². The lowest BCUT2D eigenvalue weighted by Gasteiger charge is -2.37. The van der Waals surface area contributed by atoms with Crippen molar-refractivity contribution in [3.05, 3.63) is 40.7 Å². The van der Waals surface area contributed by atoms with Gasteiger partial charge in [-0.2, -0.15) is 5.10 Å². The fourth-order valence-electron chi connectivity index (χ4n) is 3.56. The molecule has 2 N–H and O–H groups in total. The van der Waals surface area contributed by atoms with Gasteiger partial charge in [0.15, 0.2) is 0 Å².